The minimum Gasteiger partial charge on any atom is -0.465 e. The van der Waals surface area contributed by atoms with Crippen molar-refractivity contribution in [2.75, 3.05) is 31.7 Å². The molecule has 19 heavy (non-hydrogen) atoms. The number of hydrogen-bond donors (Lipinski definition) is 0. The molecule has 2 rings (SSSR count). The van der Waals surface area contributed by atoms with Crippen molar-refractivity contribution in [1.29, 1.82) is 0 Å². The van der Waals surface area contributed by atoms with Crippen LogP contribution in [0.4, 0.5) is 5.13 Å². The molecule has 0 aliphatic carbocycles. The summed E-state index contributed by atoms with van der Waals surface area (Å²) in [5.41, 5.74) is 0.741. The number of methoxy groups -OCH3 is 1. The van der Waals surface area contributed by atoms with Gasteiger partial charge in [0.2, 0.25) is 0 Å². The average Bonchev–Trinajstić information content (AvgIpc) is 2.66. The molecule has 1 unspecified atom stereocenters. The van der Waals surface area contributed by atoms with Crippen LogP contribution in [0.25, 0.3) is 0 Å². The van der Waals surface area contributed by atoms with E-state index in [1.165, 1.54) is 18.4 Å². The largest absolute Gasteiger partial charge is 0.465 e. The van der Waals surface area contributed by atoms with E-state index in [4.69, 9.17) is 9.47 Å². The number of thiazole rings is 1. The zero-order valence-electron chi connectivity index (χ0n) is 11.6. The molecule has 0 spiro atoms. The van der Waals surface area contributed by atoms with Gasteiger partial charge in [0.1, 0.15) is 4.88 Å². The number of nitrogens with zero attached hydrogens (tertiary/aromatic N) is 2. The van der Waals surface area contributed by atoms with Gasteiger partial charge in [0.15, 0.2) is 5.13 Å². The maximum atomic E-state index is 11.6. The molecule has 1 aromatic heterocycles. The van der Waals surface area contributed by atoms with E-state index in [1.807, 2.05) is 6.92 Å². The van der Waals surface area contributed by atoms with Crippen LogP contribution in [-0.4, -0.2) is 43.9 Å². The summed E-state index contributed by atoms with van der Waals surface area (Å²) in [6.07, 6.45) is 2.22. The van der Waals surface area contributed by atoms with Crippen LogP contribution in [0, 0.1) is 6.92 Å². The zero-order chi connectivity index (χ0) is 13.8. The number of carbonyl (C=O) groups excluding carboxylic acids is 1. The van der Waals surface area contributed by atoms with E-state index in [0.717, 1.165) is 43.4 Å². The highest BCUT2D eigenvalue weighted by molar-refractivity contribution is 7.17. The van der Waals surface area contributed by atoms with E-state index in [2.05, 4.69) is 16.8 Å². The molecule has 0 aromatic carbocycles. The number of ether oxygens (including phenoxy) is 2. The lowest BCUT2D eigenvalue weighted by atomic mass is 10.2. The van der Waals surface area contributed by atoms with Crippen LogP contribution in [0.15, 0.2) is 0 Å². The summed E-state index contributed by atoms with van der Waals surface area (Å²) in [6.45, 7) is 6.52. The number of aryl methyl sites for hydroxylation is 1. The van der Waals surface area contributed by atoms with Crippen molar-refractivity contribution in [1.82, 2.24) is 4.98 Å². The Balaban J connectivity index is 2.18. The van der Waals surface area contributed by atoms with Crippen molar-refractivity contribution in [3.8, 4) is 0 Å². The third kappa shape index (κ3) is 3.25. The van der Waals surface area contributed by atoms with Gasteiger partial charge in [-0.15, -0.1) is 0 Å². The maximum Gasteiger partial charge on any atom is 0.350 e. The van der Waals surface area contributed by atoms with E-state index < -0.39 is 0 Å². The lowest BCUT2D eigenvalue weighted by molar-refractivity contribution is 0.0605. The van der Waals surface area contributed by atoms with E-state index in [0.29, 0.717) is 4.88 Å². The second kappa shape index (κ2) is 6.34. The predicted octanol–water partition coefficient (Wildman–Crippen LogP) is 2.24. The zero-order valence-corrected chi connectivity index (χ0v) is 12.5. The summed E-state index contributed by atoms with van der Waals surface area (Å²) in [7, 11) is 1.40. The molecular formula is C13H20N2O3S. The Kier molecular flexibility index (Phi) is 4.76. The number of hydrogen-bond acceptors (Lipinski definition) is 6. The van der Waals surface area contributed by atoms with Crippen molar-refractivity contribution in [3.05, 3.63) is 10.6 Å². The molecule has 1 aliphatic heterocycles. The molecule has 106 valence electrons. The second-order valence-corrected chi connectivity index (χ2v) is 5.58. The first-order valence-electron chi connectivity index (χ1n) is 6.58. The number of esters is 1. The van der Waals surface area contributed by atoms with Crippen molar-refractivity contribution in [3.63, 3.8) is 0 Å². The first kappa shape index (κ1) is 14.3. The fourth-order valence-electron chi connectivity index (χ4n) is 2.12. The molecule has 1 aliphatic rings. The number of aromatic nitrogens is 1. The molecule has 1 fully saturated rings. The van der Waals surface area contributed by atoms with Crippen LogP contribution < -0.4 is 4.90 Å². The lowest BCUT2D eigenvalue weighted by Crippen LogP contribution is -2.31. The minimum absolute atomic E-state index is 0.244. The Labute approximate surface area is 117 Å². The van der Waals surface area contributed by atoms with Gasteiger partial charge in [-0.1, -0.05) is 18.3 Å². The fourth-order valence-corrected chi connectivity index (χ4v) is 3.14. The van der Waals surface area contributed by atoms with Gasteiger partial charge in [-0.3, -0.25) is 0 Å². The van der Waals surface area contributed by atoms with Crippen LogP contribution in [0.1, 0.15) is 35.1 Å². The molecule has 1 aromatic rings. The Morgan fingerprint density at radius 2 is 2.42 bits per heavy atom. The molecule has 0 bridgehead atoms. The second-order valence-electron chi connectivity index (χ2n) is 4.60. The molecule has 0 amide bonds. The predicted molar refractivity (Wildman–Crippen MR) is 75.1 cm³/mol. The Morgan fingerprint density at radius 1 is 1.63 bits per heavy atom. The fraction of sp³-hybridized carbons (Fsp3) is 0.692. The summed E-state index contributed by atoms with van der Waals surface area (Å²) in [5.74, 6) is -0.306. The molecule has 6 heteroatoms. The van der Waals surface area contributed by atoms with Gasteiger partial charge in [0.25, 0.3) is 0 Å². The third-order valence-corrected chi connectivity index (χ3v) is 4.43. The summed E-state index contributed by atoms with van der Waals surface area (Å²) in [6, 6.07) is 0. The molecule has 1 atom stereocenters. The normalized spacial score (nSPS) is 20.2. The van der Waals surface area contributed by atoms with E-state index >= 15 is 0 Å². The SMILES string of the molecule is CCC1CN(c2nc(C)c(C(=O)OC)s2)CCCO1. The molecule has 2 heterocycles. The first-order valence-corrected chi connectivity index (χ1v) is 7.39. The van der Waals surface area contributed by atoms with Gasteiger partial charge in [-0.25, -0.2) is 9.78 Å². The maximum absolute atomic E-state index is 11.6. The molecule has 5 nitrogen and oxygen atoms in total. The molecular weight excluding hydrogens is 264 g/mol. The van der Waals surface area contributed by atoms with Gasteiger partial charge in [-0.05, 0) is 19.8 Å². The van der Waals surface area contributed by atoms with Crippen molar-refractivity contribution < 1.29 is 14.3 Å². The highest BCUT2D eigenvalue weighted by atomic mass is 32.1. The summed E-state index contributed by atoms with van der Waals surface area (Å²) >= 11 is 1.41. The van der Waals surface area contributed by atoms with Gasteiger partial charge >= 0.3 is 5.97 Å². The molecule has 0 radical (unpaired) electrons. The Morgan fingerprint density at radius 3 is 3.11 bits per heavy atom. The van der Waals surface area contributed by atoms with E-state index in [-0.39, 0.29) is 12.1 Å². The highest BCUT2D eigenvalue weighted by Crippen LogP contribution is 2.28. The van der Waals surface area contributed by atoms with Crippen molar-refractivity contribution in [2.24, 2.45) is 0 Å². The average molecular weight is 284 g/mol. The molecule has 0 N–H and O–H groups in total. The highest BCUT2D eigenvalue weighted by Gasteiger charge is 2.23. The standard InChI is InChI=1S/C13H20N2O3S/c1-4-10-8-15(6-5-7-18-10)13-14-9(2)11(19-13)12(16)17-3/h10H,4-8H2,1-3H3. The Bertz CT molecular complexity index is 447. The van der Waals surface area contributed by atoms with Gasteiger partial charge < -0.3 is 14.4 Å². The smallest absolute Gasteiger partial charge is 0.350 e. The van der Waals surface area contributed by atoms with Crippen LogP contribution in [0.3, 0.4) is 0 Å². The first-order chi connectivity index (χ1) is 9.15. The van der Waals surface area contributed by atoms with E-state index in [1.54, 1.807) is 0 Å². The summed E-state index contributed by atoms with van der Waals surface area (Å²) < 4.78 is 10.5. The van der Waals surface area contributed by atoms with Crippen LogP contribution in [-0.2, 0) is 9.47 Å². The van der Waals surface area contributed by atoms with Gasteiger partial charge in [-0.2, -0.15) is 0 Å². The molecule has 0 saturated carbocycles. The topological polar surface area (TPSA) is 51.7 Å². The van der Waals surface area contributed by atoms with E-state index in [9.17, 15) is 4.79 Å². The quantitative estimate of drug-likeness (QED) is 0.797. The van der Waals surface area contributed by atoms with Crippen molar-refractivity contribution in [2.45, 2.75) is 32.8 Å². The van der Waals surface area contributed by atoms with Crippen LogP contribution in [0.5, 0.6) is 0 Å². The Hall–Kier alpha value is -1.14. The monoisotopic (exact) mass is 284 g/mol. The molecule has 1 saturated heterocycles. The number of rotatable bonds is 3. The lowest BCUT2D eigenvalue weighted by Gasteiger charge is -2.22. The number of anilines is 1. The summed E-state index contributed by atoms with van der Waals surface area (Å²) in [5, 5.41) is 0.891. The minimum atomic E-state index is -0.306. The summed E-state index contributed by atoms with van der Waals surface area (Å²) in [4.78, 5) is 18.9. The van der Waals surface area contributed by atoms with Gasteiger partial charge in [0, 0.05) is 19.7 Å². The van der Waals surface area contributed by atoms with Crippen LogP contribution in [0.2, 0.25) is 0 Å². The van der Waals surface area contributed by atoms with Gasteiger partial charge in [0.05, 0.1) is 18.9 Å². The third-order valence-electron chi connectivity index (χ3n) is 3.23. The van der Waals surface area contributed by atoms with Crippen LogP contribution >= 0.6 is 11.3 Å². The van der Waals surface area contributed by atoms with Crippen molar-refractivity contribution >= 4 is 22.4 Å². The number of carbonyl (C=O) groups is 1.